The molecule has 1 aromatic rings. The average molecular weight is 203 g/mol. The molecule has 0 atom stereocenters. The van der Waals surface area contributed by atoms with E-state index in [2.05, 4.69) is 5.32 Å². The topological polar surface area (TPSA) is 29.1 Å². The summed E-state index contributed by atoms with van der Waals surface area (Å²) < 4.78 is 0. The molecule has 1 radical (unpaired) electrons. The van der Waals surface area contributed by atoms with Crippen molar-refractivity contribution in [3.8, 4) is 0 Å². The SMILES string of the molecule is O=[C]NCc1ccc(Cl)c(Cl)c1. The smallest absolute Gasteiger partial charge is 0.309 e. The Labute approximate surface area is 80.5 Å². The number of benzene rings is 1. The summed E-state index contributed by atoms with van der Waals surface area (Å²) in [5, 5.41) is 3.40. The molecule has 4 heteroatoms. The molecule has 0 aliphatic heterocycles. The van der Waals surface area contributed by atoms with Crippen molar-refractivity contribution in [2.75, 3.05) is 0 Å². The van der Waals surface area contributed by atoms with Crippen molar-refractivity contribution in [3.05, 3.63) is 33.8 Å². The van der Waals surface area contributed by atoms with E-state index in [-0.39, 0.29) is 0 Å². The molecule has 0 unspecified atom stereocenters. The number of nitrogens with one attached hydrogen (secondary N) is 1. The van der Waals surface area contributed by atoms with Gasteiger partial charge in [-0.2, -0.15) is 0 Å². The van der Waals surface area contributed by atoms with Crippen LogP contribution in [-0.4, -0.2) is 6.41 Å². The quantitative estimate of drug-likeness (QED) is 0.749. The predicted octanol–water partition coefficient (Wildman–Crippen LogP) is 2.15. The molecule has 0 aliphatic carbocycles. The molecule has 1 rings (SSSR count). The molecule has 0 aliphatic rings. The third-order valence-corrected chi connectivity index (χ3v) is 2.09. The molecular formula is C8H6Cl2NO. The Morgan fingerprint density at radius 2 is 2.08 bits per heavy atom. The van der Waals surface area contributed by atoms with E-state index in [0.29, 0.717) is 16.6 Å². The van der Waals surface area contributed by atoms with Gasteiger partial charge in [0.25, 0.3) is 0 Å². The summed E-state index contributed by atoms with van der Waals surface area (Å²) in [4.78, 5) is 9.83. The zero-order valence-corrected chi connectivity index (χ0v) is 7.62. The van der Waals surface area contributed by atoms with Crippen molar-refractivity contribution in [3.63, 3.8) is 0 Å². The monoisotopic (exact) mass is 202 g/mol. The molecular weight excluding hydrogens is 197 g/mol. The lowest BCUT2D eigenvalue weighted by Crippen LogP contribution is -2.09. The lowest BCUT2D eigenvalue weighted by Gasteiger charge is -2.00. The third-order valence-electron chi connectivity index (χ3n) is 1.35. The molecule has 0 bridgehead atoms. The van der Waals surface area contributed by atoms with E-state index in [1.54, 1.807) is 24.6 Å². The number of carbonyl (C=O) groups excluding carboxylic acids is 1. The third kappa shape index (κ3) is 2.40. The highest BCUT2D eigenvalue weighted by Crippen LogP contribution is 2.22. The molecule has 0 heterocycles. The van der Waals surface area contributed by atoms with E-state index in [1.807, 2.05) is 0 Å². The summed E-state index contributed by atoms with van der Waals surface area (Å²) in [6.07, 6.45) is 1.57. The minimum Gasteiger partial charge on any atom is -0.344 e. The van der Waals surface area contributed by atoms with Crippen molar-refractivity contribution in [2.24, 2.45) is 0 Å². The summed E-state index contributed by atoms with van der Waals surface area (Å²) in [7, 11) is 0. The first-order valence-corrected chi connectivity index (χ1v) is 4.03. The number of hydrogen-bond acceptors (Lipinski definition) is 1. The number of rotatable bonds is 3. The van der Waals surface area contributed by atoms with Crippen molar-refractivity contribution < 1.29 is 4.79 Å². The van der Waals surface area contributed by atoms with Crippen LogP contribution < -0.4 is 5.32 Å². The molecule has 2 nitrogen and oxygen atoms in total. The van der Waals surface area contributed by atoms with Gasteiger partial charge in [-0.05, 0) is 17.7 Å². The van der Waals surface area contributed by atoms with Gasteiger partial charge in [0, 0.05) is 6.54 Å². The van der Waals surface area contributed by atoms with Gasteiger partial charge in [-0.25, -0.2) is 0 Å². The van der Waals surface area contributed by atoms with Crippen LogP contribution in [0.4, 0.5) is 0 Å². The fraction of sp³-hybridized carbons (Fsp3) is 0.125. The second-order valence-corrected chi connectivity index (χ2v) is 3.02. The summed E-state index contributed by atoms with van der Waals surface area (Å²) in [5.74, 6) is 0. The first-order chi connectivity index (χ1) is 5.74. The fourth-order valence-corrected chi connectivity index (χ4v) is 1.11. The molecule has 0 saturated carbocycles. The van der Waals surface area contributed by atoms with Gasteiger partial charge < -0.3 is 5.32 Å². The van der Waals surface area contributed by atoms with Gasteiger partial charge in [0.2, 0.25) is 0 Å². The van der Waals surface area contributed by atoms with Crippen LogP contribution in [0.2, 0.25) is 10.0 Å². The first-order valence-electron chi connectivity index (χ1n) is 3.28. The zero-order chi connectivity index (χ0) is 8.97. The van der Waals surface area contributed by atoms with Crippen LogP contribution in [0.3, 0.4) is 0 Å². The van der Waals surface area contributed by atoms with Crippen LogP contribution in [-0.2, 0) is 11.3 Å². The molecule has 0 aromatic heterocycles. The van der Waals surface area contributed by atoms with E-state index < -0.39 is 0 Å². The maximum Gasteiger partial charge on any atom is 0.309 e. The number of hydrogen-bond donors (Lipinski definition) is 1. The Bertz CT molecular complexity index is 288. The van der Waals surface area contributed by atoms with E-state index >= 15 is 0 Å². The van der Waals surface area contributed by atoms with E-state index in [4.69, 9.17) is 23.2 Å². The van der Waals surface area contributed by atoms with Crippen LogP contribution >= 0.6 is 23.2 Å². The highest BCUT2D eigenvalue weighted by atomic mass is 35.5. The van der Waals surface area contributed by atoms with Crippen LogP contribution in [0.25, 0.3) is 0 Å². The van der Waals surface area contributed by atoms with Crippen LogP contribution in [0, 0.1) is 0 Å². The van der Waals surface area contributed by atoms with Gasteiger partial charge in [0.1, 0.15) is 0 Å². The molecule has 1 N–H and O–H groups in total. The van der Waals surface area contributed by atoms with E-state index in [9.17, 15) is 4.79 Å². The predicted molar refractivity (Wildman–Crippen MR) is 49.0 cm³/mol. The summed E-state index contributed by atoms with van der Waals surface area (Å²) >= 11 is 11.4. The minimum atomic E-state index is 0.417. The van der Waals surface area contributed by atoms with Gasteiger partial charge in [-0.3, -0.25) is 4.79 Å². The Kier molecular flexibility index (Phi) is 3.38. The summed E-state index contributed by atoms with van der Waals surface area (Å²) in [6, 6.07) is 5.18. The van der Waals surface area contributed by atoms with Crippen LogP contribution in [0.5, 0.6) is 0 Å². The maximum atomic E-state index is 9.83. The largest absolute Gasteiger partial charge is 0.344 e. The van der Waals surface area contributed by atoms with Crippen molar-refractivity contribution >= 4 is 29.6 Å². The molecule has 1 amide bonds. The lowest BCUT2D eigenvalue weighted by molar-refractivity contribution is 0.542. The van der Waals surface area contributed by atoms with Gasteiger partial charge in [-0.15, -0.1) is 0 Å². The van der Waals surface area contributed by atoms with Gasteiger partial charge in [0.05, 0.1) is 10.0 Å². The Morgan fingerprint density at radius 1 is 1.33 bits per heavy atom. The van der Waals surface area contributed by atoms with Gasteiger partial charge in [-0.1, -0.05) is 29.3 Å². The Morgan fingerprint density at radius 3 is 2.67 bits per heavy atom. The maximum absolute atomic E-state index is 9.83. The highest BCUT2D eigenvalue weighted by molar-refractivity contribution is 6.42. The molecule has 0 spiro atoms. The molecule has 0 saturated heterocycles. The van der Waals surface area contributed by atoms with Crippen molar-refractivity contribution in [2.45, 2.75) is 6.54 Å². The summed E-state index contributed by atoms with van der Waals surface area (Å²) in [6.45, 7) is 0.417. The van der Waals surface area contributed by atoms with E-state index in [1.165, 1.54) is 0 Å². The van der Waals surface area contributed by atoms with Crippen molar-refractivity contribution in [1.82, 2.24) is 5.32 Å². The van der Waals surface area contributed by atoms with Crippen molar-refractivity contribution in [1.29, 1.82) is 0 Å². The molecule has 12 heavy (non-hydrogen) atoms. The van der Waals surface area contributed by atoms with Crippen LogP contribution in [0.1, 0.15) is 5.56 Å². The lowest BCUT2D eigenvalue weighted by atomic mass is 10.2. The normalized spacial score (nSPS) is 9.50. The van der Waals surface area contributed by atoms with E-state index in [0.717, 1.165) is 5.56 Å². The van der Waals surface area contributed by atoms with Gasteiger partial charge >= 0.3 is 6.41 Å². The summed E-state index contributed by atoms with van der Waals surface area (Å²) in [5.41, 5.74) is 0.896. The Balaban J connectivity index is 2.75. The molecule has 0 fully saturated rings. The number of amides is 1. The second-order valence-electron chi connectivity index (χ2n) is 2.20. The first kappa shape index (κ1) is 9.36. The zero-order valence-electron chi connectivity index (χ0n) is 6.10. The minimum absolute atomic E-state index is 0.417. The molecule has 63 valence electrons. The number of halogens is 2. The second kappa shape index (κ2) is 4.33. The molecule has 1 aromatic carbocycles. The highest BCUT2D eigenvalue weighted by Gasteiger charge is 1.98. The Hall–Kier alpha value is -0.730. The average Bonchev–Trinajstić information content (AvgIpc) is 2.07. The standard InChI is InChI=1S/C8H6Cl2NO/c9-7-2-1-6(3-8(7)10)4-11-5-12/h1-3H,4H2,(H,11,12). The van der Waals surface area contributed by atoms with Crippen LogP contribution in [0.15, 0.2) is 18.2 Å². The fourth-order valence-electron chi connectivity index (χ4n) is 0.788. The van der Waals surface area contributed by atoms with Gasteiger partial charge in [0.15, 0.2) is 0 Å².